The first-order valence-electron chi connectivity index (χ1n) is 9.10. The normalized spacial score (nSPS) is 15.2. The molecule has 0 radical (unpaired) electrons. The minimum absolute atomic E-state index is 0. The molecular weight excluding hydrogens is 419 g/mol. The van der Waals surface area contributed by atoms with Crippen LogP contribution in [-0.4, -0.2) is 53.9 Å². The van der Waals surface area contributed by atoms with E-state index in [2.05, 4.69) is 21.6 Å². The average molecular weight is 451 g/mol. The van der Waals surface area contributed by atoms with Gasteiger partial charge < -0.3 is 16.4 Å². The molecule has 28 heavy (non-hydrogen) atoms. The third-order valence-electron chi connectivity index (χ3n) is 4.66. The van der Waals surface area contributed by atoms with Crippen LogP contribution in [0.15, 0.2) is 18.2 Å². The maximum Gasteiger partial charge on any atom is 0.243 e. The molecule has 1 aliphatic heterocycles. The fraction of sp³-hybridized carbons (Fsp3) is 0.579. The molecule has 1 aliphatic rings. The van der Waals surface area contributed by atoms with Gasteiger partial charge in [0.05, 0.1) is 12.6 Å². The Morgan fingerprint density at radius 3 is 2.46 bits per heavy atom. The number of thioether (sulfide) groups is 1. The molecule has 0 bridgehead atoms. The Morgan fingerprint density at radius 1 is 1.21 bits per heavy atom. The summed E-state index contributed by atoms with van der Waals surface area (Å²) in [5.74, 6) is 1.83. The molecule has 1 atom stereocenters. The van der Waals surface area contributed by atoms with E-state index in [1.807, 2.05) is 44.7 Å². The molecule has 1 aromatic rings. The highest BCUT2D eigenvalue weighted by Crippen LogP contribution is 2.21. The molecule has 2 amide bonds. The number of rotatable bonds is 7. The van der Waals surface area contributed by atoms with Crippen LogP contribution in [0.2, 0.25) is 0 Å². The first-order valence-corrected chi connectivity index (χ1v) is 10.3. The van der Waals surface area contributed by atoms with E-state index >= 15 is 0 Å². The molecule has 0 spiro atoms. The van der Waals surface area contributed by atoms with Gasteiger partial charge in [-0.3, -0.25) is 14.5 Å². The van der Waals surface area contributed by atoms with Crippen molar-refractivity contribution in [2.75, 3.05) is 36.5 Å². The molecule has 0 aromatic heterocycles. The van der Waals surface area contributed by atoms with Crippen molar-refractivity contribution in [3.63, 3.8) is 0 Å². The van der Waals surface area contributed by atoms with Gasteiger partial charge in [-0.25, -0.2) is 0 Å². The molecule has 4 N–H and O–H groups in total. The van der Waals surface area contributed by atoms with Crippen molar-refractivity contribution < 1.29 is 9.59 Å². The molecule has 0 saturated carbocycles. The van der Waals surface area contributed by atoms with Gasteiger partial charge >= 0.3 is 0 Å². The predicted molar refractivity (Wildman–Crippen MR) is 123 cm³/mol. The van der Waals surface area contributed by atoms with E-state index < -0.39 is 6.04 Å². The second-order valence-corrected chi connectivity index (χ2v) is 8.24. The van der Waals surface area contributed by atoms with Crippen molar-refractivity contribution in [3.8, 4) is 0 Å². The lowest BCUT2D eigenvalue weighted by Crippen LogP contribution is -2.46. The molecular formula is C19H32Cl2N4O2S. The van der Waals surface area contributed by atoms with Crippen molar-refractivity contribution in [2.45, 2.75) is 33.4 Å². The van der Waals surface area contributed by atoms with Gasteiger partial charge in [0.1, 0.15) is 0 Å². The SMILES string of the molecule is Cc1c(CN2CCSCC2)cccc1NC(=O)CNC(=O)[C@@H](N)C(C)C.Cl.Cl. The van der Waals surface area contributed by atoms with Gasteiger partial charge in [0.2, 0.25) is 11.8 Å². The smallest absolute Gasteiger partial charge is 0.243 e. The summed E-state index contributed by atoms with van der Waals surface area (Å²) >= 11 is 1.99. The van der Waals surface area contributed by atoms with Crippen molar-refractivity contribution >= 4 is 54.1 Å². The minimum Gasteiger partial charge on any atom is -0.346 e. The fourth-order valence-electron chi connectivity index (χ4n) is 2.77. The maximum absolute atomic E-state index is 12.2. The van der Waals surface area contributed by atoms with Gasteiger partial charge in [0.25, 0.3) is 0 Å². The molecule has 1 fully saturated rings. The molecule has 1 aromatic carbocycles. The molecule has 9 heteroatoms. The second-order valence-electron chi connectivity index (χ2n) is 7.01. The predicted octanol–water partition coefficient (Wildman–Crippen LogP) is 2.43. The van der Waals surface area contributed by atoms with E-state index in [0.29, 0.717) is 0 Å². The summed E-state index contributed by atoms with van der Waals surface area (Å²) in [6.07, 6.45) is 0. The lowest BCUT2D eigenvalue weighted by atomic mass is 10.1. The topological polar surface area (TPSA) is 87.5 Å². The Labute approximate surface area is 184 Å². The van der Waals surface area contributed by atoms with E-state index in [1.54, 1.807) is 0 Å². The van der Waals surface area contributed by atoms with E-state index in [4.69, 9.17) is 5.73 Å². The zero-order chi connectivity index (χ0) is 19.1. The zero-order valence-corrected chi connectivity index (χ0v) is 19.1. The van der Waals surface area contributed by atoms with Crippen molar-refractivity contribution in [1.29, 1.82) is 0 Å². The fourth-order valence-corrected chi connectivity index (χ4v) is 3.75. The van der Waals surface area contributed by atoms with E-state index in [0.717, 1.165) is 30.9 Å². The van der Waals surface area contributed by atoms with Crippen LogP contribution in [0.1, 0.15) is 25.0 Å². The van der Waals surface area contributed by atoms with Gasteiger partial charge in [-0.05, 0) is 30.0 Å². The van der Waals surface area contributed by atoms with Gasteiger partial charge in [-0.1, -0.05) is 26.0 Å². The van der Waals surface area contributed by atoms with Crippen LogP contribution in [0.4, 0.5) is 5.69 Å². The third-order valence-corrected chi connectivity index (χ3v) is 5.60. The number of amides is 2. The number of nitrogens with one attached hydrogen (secondary N) is 2. The van der Waals surface area contributed by atoms with E-state index in [-0.39, 0.29) is 49.1 Å². The zero-order valence-electron chi connectivity index (χ0n) is 16.7. The van der Waals surface area contributed by atoms with E-state index in [1.165, 1.54) is 17.1 Å². The number of benzene rings is 1. The van der Waals surface area contributed by atoms with Gasteiger partial charge in [0.15, 0.2) is 0 Å². The largest absolute Gasteiger partial charge is 0.346 e. The van der Waals surface area contributed by atoms with Gasteiger partial charge in [-0.15, -0.1) is 24.8 Å². The summed E-state index contributed by atoms with van der Waals surface area (Å²) in [4.78, 5) is 26.5. The summed E-state index contributed by atoms with van der Waals surface area (Å²) in [6.45, 7) is 8.80. The number of nitrogens with two attached hydrogens (primary N) is 1. The standard InChI is InChI=1S/C19H30N4O2S.2ClH/c1-13(2)18(20)19(25)21-11-17(24)22-16-6-4-5-15(14(16)3)12-23-7-9-26-10-8-23;;/h4-6,13,18H,7-12,20H2,1-3H3,(H,21,25)(H,22,24);2*1H/t18-;;/m0../s1. The van der Waals surface area contributed by atoms with Crippen molar-refractivity contribution in [3.05, 3.63) is 29.3 Å². The van der Waals surface area contributed by atoms with Crippen molar-refractivity contribution in [2.24, 2.45) is 11.7 Å². The van der Waals surface area contributed by atoms with E-state index in [9.17, 15) is 9.59 Å². The lowest BCUT2D eigenvalue weighted by Gasteiger charge is -2.27. The maximum atomic E-state index is 12.2. The summed E-state index contributed by atoms with van der Waals surface area (Å²) < 4.78 is 0. The number of hydrogen-bond donors (Lipinski definition) is 3. The number of carbonyl (C=O) groups is 2. The molecule has 2 rings (SSSR count). The molecule has 0 unspecified atom stereocenters. The summed E-state index contributed by atoms with van der Waals surface area (Å²) in [7, 11) is 0. The Balaban J connectivity index is 0.00000364. The summed E-state index contributed by atoms with van der Waals surface area (Å²) in [5, 5.41) is 5.49. The highest BCUT2D eigenvalue weighted by atomic mass is 35.5. The second kappa shape index (κ2) is 13.3. The quantitative estimate of drug-likeness (QED) is 0.593. The number of halogens is 2. The highest BCUT2D eigenvalue weighted by Gasteiger charge is 2.18. The Bertz CT molecular complexity index is 640. The minimum atomic E-state index is -0.601. The highest BCUT2D eigenvalue weighted by molar-refractivity contribution is 7.99. The van der Waals surface area contributed by atoms with Gasteiger partial charge in [-0.2, -0.15) is 11.8 Å². The molecule has 1 heterocycles. The van der Waals surface area contributed by atoms with Crippen LogP contribution >= 0.6 is 36.6 Å². The first-order chi connectivity index (χ1) is 12.4. The molecule has 6 nitrogen and oxygen atoms in total. The Kier molecular flexibility index (Phi) is 12.8. The third kappa shape index (κ3) is 8.17. The Hall–Kier alpha value is -0.990. The first kappa shape index (κ1) is 27.0. The number of nitrogens with zero attached hydrogens (tertiary/aromatic N) is 1. The van der Waals surface area contributed by atoms with Gasteiger partial charge in [0, 0.05) is 36.8 Å². The monoisotopic (exact) mass is 450 g/mol. The molecule has 160 valence electrons. The molecule has 0 aliphatic carbocycles. The van der Waals surface area contributed by atoms with Crippen molar-refractivity contribution in [1.82, 2.24) is 10.2 Å². The van der Waals surface area contributed by atoms with Crippen LogP contribution in [-0.2, 0) is 16.1 Å². The van der Waals surface area contributed by atoms with Crippen LogP contribution in [0.25, 0.3) is 0 Å². The van der Waals surface area contributed by atoms with Crippen LogP contribution in [0.5, 0.6) is 0 Å². The average Bonchev–Trinajstić information content (AvgIpc) is 2.63. The van der Waals surface area contributed by atoms with Crippen LogP contribution in [0.3, 0.4) is 0 Å². The number of hydrogen-bond acceptors (Lipinski definition) is 5. The molecule has 1 saturated heterocycles. The lowest BCUT2D eigenvalue weighted by molar-refractivity contribution is -0.125. The summed E-state index contributed by atoms with van der Waals surface area (Å²) in [5.41, 5.74) is 8.87. The summed E-state index contributed by atoms with van der Waals surface area (Å²) in [6, 6.07) is 5.36. The number of anilines is 1. The number of carbonyl (C=O) groups excluding carboxylic acids is 2. The van der Waals surface area contributed by atoms with Crippen LogP contribution in [0, 0.1) is 12.8 Å². The Morgan fingerprint density at radius 2 is 1.86 bits per heavy atom. The van der Waals surface area contributed by atoms with Crippen LogP contribution < -0.4 is 16.4 Å².